The number of benzene rings is 1. The van der Waals surface area contributed by atoms with Crippen molar-refractivity contribution in [2.75, 3.05) is 32.8 Å². The normalized spacial score (nSPS) is 20.4. The van der Waals surface area contributed by atoms with Gasteiger partial charge in [0.25, 0.3) is 0 Å². The Morgan fingerprint density at radius 2 is 2.05 bits per heavy atom. The van der Waals surface area contributed by atoms with Gasteiger partial charge in [0.05, 0.1) is 12.2 Å². The lowest BCUT2D eigenvalue weighted by molar-refractivity contribution is -0.0864. The van der Waals surface area contributed by atoms with Crippen molar-refractivity contribution in [2.24, 2.45) is 0 Å². The molecule has 1 fully saturated rings. The summed E-state index contributed by atoms with van der Waals surface area (Å²) in [5.41, 5.74) is 1.29. The summed E-state index contributed by atoms with van der Waals surface area (Å²) in [4.78, 5) is 2.50. The van der Waals surface area contributed by atoms with Gasteiger partial charge in [0.1, 0.15) is 0 Å². The standard InChI is InChI=1S/C17H27ClN2O/c1-4-19-16(14-5-7-15(18)8-6-14)9-10-20-11-12-21-17(2,3)13-20/h5-8,16,19H,4,9-13H2,1-3H3. The first-order valence-corrected chi connectivity index (χ1v) is 8.23. The predicted octanol–water partition coefficient (Wildman–Crippen LogP) is 3.49. The largest absolute Gasteiger partial charge is 0.373 e. The molecule has 4 heteroatoms. The fourth-order valence-electron chi connectivity index (χ4n) is 2.94. The molecule has 1 unspecified atom stereocenters. The molecular weight excluding hydrogens is 284 g/mol. The first kappa shape index (κ1) is 16.8. The van der Waals surface area contributed by atoms with Crippen molar-refractivity contribution in [3.63, 3.8) is 0 Å². The van der Waals surface area contributed by atoms with Crippen molar-refractivity contribution in [2.45, 2.75) is 38.8 Å². The zero-order valence-corrected chi connectivity index (χ0v) is 14.1. The predicted molar refractivity (Wildman–Crippen MR) is 89.0 cm³/mol. The average molecular weight is 311 g/mol. The Labute approximate surface area is 133 Å². The maximum Gasteiger partial charge on any atom is 0.0753 e. The Hall–Kier alpha value is -0.610. The van der Waals surface area contributed by atoms with Gasteiger partial charge in [-0.05, 0) is 44.5 Å². The number of hydrogen-bond donors (Lipinski definition) is 1. The van der Waals surface area contributed by atoms with E-state index in [2.05, 4.69) is 43.1 Å². The van der Waals surface area contributed by atoms with Gasteiger partial charge in [0.15, 0.2) is 0 Å². The summed E-state index contributed by atoms with van der Waals surface area (Å²) < 4.78 is 5.78. The van der Waals surface area contributed by atoms with Crippen LogP contribution in [0.2, 0.25) is 5.02 Å². The number of morpholine rings is 1. The van der Waals surface area contributed by atoms with E-state index in [9.17, 15) is 0 Å². The molecule has 0 bridgehead atoms. The van der Waals surface area contributed by atoms with Crippen molar-refractivity contribution in [1.29, 1.82) is 0 Å². The molecule has 3 nitrogen and oxygen atoms in total. The number of halogens is 1. The van der Waals surface area contributed by atoms with E-state index in [1.54, 1.807) is 0 Å². The molecule has 118 valence electrons. The monoisotopic (exact) mass is 310 g/mol. The maximum atomic E-state index is 5.98. The molecule has 1 saturated heterocycles. The molecule has 0 aromatic heterocycles. The molecule has 2 rings (SSSR count). The summed E-state index contributed by atoms with van der Waals surface area (Å²) in [7, 11) is 0. The third-order valence-electron chi connectivity index (χ3n) is 3.96. The zero-order valence-electron chi connectivity index (χ0n) is 13.4. The van der Waals surface area contributed by atoms with Crippen LogP contribution in [0.5, 0.6) is 0 Å². The van der Waals surface area contributed by atoms with Crippen LogP contribution >= 0.6 is 11.6 Å². The van der Waals surface area contributed by atoms with Crippen molar-refractivity contribution >= 4 is 11.6 Å². The fourth-order valence-corrected chi connectivity index (χ4v) is 3.07. The lowest BCUT2D eigenvalue weighted by Gasteiger charge is -2.38. The number of ether oxygens (including phenoxy) is 1. The van der Waals surface area contributed by atoms with E-state index in [1.165, 1.54) is 5.56 Å². The second-order valence-electron chi connectivity index (χ2n) is 6.33. The Kier molecular flexibility index (Phi) is 6.06. The van der Waals surface area contributed by atoms with E-state index >= 15 is 0 Å². The van der Waals surface area contributed by atoms with E-state index < -0.39 is 0 Å². The van der Waals surface area contributed by atoms with Crippen LogP contribution in [-0.4, -0.2) is 43.3 Å². The zero-order chi connectivity index (χ0) is 15.3. The van der Waals surface area contributed by atoms with Crippen LogP contribution in [0.15, 0.2) is 24.3 Å². The van der Waals surface area contributed by atoms with Crippen LogP contribution in [0.3, 0.4) is 0 Å². The fraction of sp³-hybridized carbons (Fsp3) is 0.647. The lowest BCUT2D eigenvalue weighted by Crippen LogP contribution is -2.48. The third-order valence-corrected chi connectivity index (χ3v) is 4.21. The summed E-state index contributed by atoms with van der Waals surface area (Å²) in [5.74, 6) is 0. The van der Waals surface area contributed by atoms with Crippen molar-refractivity contribution < 1.29 is 4.74 Å². The summed E-state index contributed by atoms with van der Waals surface area (Å²) in [6.07, 6.45) is 1.10. The SMILES string of the molecule is CCNC(CCN1CCOC(C)(C)C1)c1ccc(Cl)cc1. The molecule has 1 aliphatic heterocycles. The van der Waals surface area contributed by atoms with Crippen LogP contribution in [0.1, 0.15) is 38.8 Å². The summed E-state index contributed by atoms with van der Waals surface area (Å²) in [5, 5.41) is 4.37. The second-order valence-corrected chi connectivity index (χ2v) is 6.77. The molecule has 21 heavy (non-hydrogen) atoms. The number of nitrogens with one attached hydrogen (secondary N) is 1. The van der Waals surface area contributed by atoms with Crippen molar-refractivity contribution in [3.8, 4) is 0 Å². The highest BCUT2D eigenvalue weighted by Crippen LogP contribution is 2.22. The van der Waals surface area contributed by atoms with Crippen LogP contribution in [0.4, 0.5) is 0 Å². The molecule has 0 spiro atoms. The molecular formula is C17H27ClN2O. The molecule has 0 aliphatic carbocycles. The number of rotatable bonds is 6. The van der Waals surface area contributed by atoms with Gasteiger partial charge in [-0.3, -0.25) is 4.90 Å². The Morgan fingerprint density at radius 1 is 1.33 bits per heavy atom. The minimum absolute atomic E-state index is 0.0216. The number of hydrogen-bond acceptors (Lipinski definition) is 3. The number of nitrogens with zero attached hydrogens (tertiary/aromatic N) is 1. The highest BCUT2D eigenvalue weighted by atomic mass is 35.5. The molecule has 1 aromatic carbocycles. The average Bonchev–Trinajstić information content (AvgIpc) is 2.43. The molecule has 1 N–H and O–H groups in total. The summed E-state index contributed by atoms with van der Waals surface area (Å²) in [6, 6.07) is 8.58. The van der Waals surface area contributed by atoms with Crippen LogP contribution in [0, 0.1) is 0 Å². The first-order valence-electron chi connectivity index (χ1n) is 7.85. The second kappa shape index (κ2) is 7.59. The van der Waals surface area contributed by atoms with Gasteiger partial charge in [-0.1, -0.05) is 30.7 Å². The summed E-state index contributed by atoms with van der Waals surface area (Å²) in [6.45, 7) is 11.4. The van der Waals surface area contributed by atoms with Gasteiger partial charge in [-0.2, -0.15) is 0 Å². The van der Waals surface area contributed by atoms with E-state index in [4.69, 9.17) is 16.3 Å². The van der Waals surface area contributed by atoms with Gasteiger partial charge >= 0.3 is 0 Å². The molecule has 1 aromatic rings. The van der Waals surface area contributed by atoms with Gasteiger partial charge < -0.3 is 10.1 Å². The molecule has 0 amide bonds. The third kappa shape index (κ3) is 5.26. The minimum atomic E-state index is -0.0216. The topological polar surface area (TPSA) is 24.5 Å². The molecule has 0 saturated carbocycles. The van der Waals surface area contributed by atoms with Crippen molar-refractivity contribution in [3.05, 3.63) is 34.9 Å². The lowest BCUT2D eigenvalue weighted by atomic mass is 10.0. The minimum Gasteiger partial charge on any atom is -0.373 e. The maximum absolute atomic E-state index is 5.98. The van der Waals surface area contributed by atoms with Crippen LogP contribution in [0.25, 0.3) is 0 Å². The van der Waals surface area contributed by atoms with Gasteiger partial charge in [0, 0.05) is 30.7 Å². The Morgan fingerprint density at radius 3 is 2.67 bits per heavy atom. The van der Waals surface area contributed by atoms with Gasteiger partial charge in [-0.25, -0.2) is 0 Å². The van der Waals surface area contributed by atoms with E-state index in [0.29, 0.717) is 6.04 Å². The van der Waals surface area contributed by atoms with Crippen LogP contribution < -0.4 is 5.32 Å². The molecule has 1 heterocycles. The van der Waals surface area contributed by atoms with E-state index in [1.807, 2.05) is 12.1 Å². The quantitative estimate of drug-likeness (QED) is 0.870. The van der Waals surface area contributed by atoms with E-state index in [-0.39, 0.29) is 5.60 Å². The Bertz CT molecular complexity index is 433. The first-order chi connectivity index (χ1) is 10.00. The summed E-state index contributed by atoms with van der Waals surface area (Å²) >= 11 is 5.98. The van der Waals surface area contributed by atoms with Gasteiger partial charge in [-0.15, -0.1) is 0 Å². The highest BCUT2D eigenvalue weighted by Gasteiger charge is 2.27. The molecule has 1 atom stereocenters. The van der Waals surface area contributed by atoms with Crippen molar-refractivity contribution in [1.82, 2.24) is 10.2 Å². The molecule has 0 radical (unpaired) electrons. The smallest absolute Gasteiger partial charge is 0.0753 e. The highest BCUT2D eigenvalue weighted by molar-refractivity contribution is 6.30. The molecule has 1 aliphatic rings. The van der Waals surface area contributed by atoms with Gasteiger partial charge in [0.2, 0.25) is 0 Å². The van der Waals surface area contributed by atoms with Crippen LogP contribution in [-0.2, 0) is 4.74 Å². The van der Waals surface area contributed by atoms with E-state index in [0.717, 1.165) is 44.2 Å². The Balaban J connectivity index is 1.92.